The smallest absolute Gasteiger partial charge is 0.247 e. The topological polar surface area (TPSA) is 80.3 Å². The van der Waals surface area contributed by atoms with E-state index >= 15 is 0 Å². The van der Waals surface area contributed by atoms with E-state index in [9.17, 15) is 9.59 Å². The van der Waals surface area contributed by atoms with Crippen molar-refractivity contribution in [1.29, 1.82) is 0 Å². The summed E-state index contributed by atoms with van der Waals surface area (Å²) in [6, 6.07) is 2.93. The summed E-state index contributed by atoms with van der Waals surface area (Å²) in [4.78, 5) is 27.8. The highest BCUT2D eigenvalue weighted by atomic mass is 16.5. The summed E-state index contributed by atoms with van der Waals surface area (Å²) in [5.41, 5.74) is 0.592. The summed E-state index contributed by atoms with van der Waals surface area (Å²) in [5, 5.41) is 5.57. The van der Waals surface area contributed by atoms with Gasteiger partial charge in [-0.05, 0) is 24.8 Å². The first-order valence-electron chi connectivity index (χ1n) is 7.18. The number of hydrogen-bond acceptors (Lipinski definition) is 4. The molecule has 1 aromatic rings. The number of anilines is 1. The second-order valence-corrected chi connectivity index (χ2v) is 5.30. The van der Waals surface area contributed by atoms with Crippen LogP contribution in [-0.2, 0) is 9.59 Å². The monoisotopic (exact) mass is 291 g/mol. The summed E-state index contributed by atoms with van der Waals surface area (Å²) in [5.74, 6) is 0.321. The van der Waals surface area contributed by atoms with E-state index in [0.29, 0.717) is 11.6 Å². The summed E-state index contributed by atoms with van der Waals surface area (Å²) in [7, 11) is 1.54. The SMILES string of the molecule is COc1ccc(NC(=O)[C@H](NC(C)=O)C2CCCC2)cn1. The summed E-state index contributed by atoms with van der Waals surface area (Å²) < 4.78 is 4.97. The predicted molar refractivity (Wildman–Crippen MR) is 79.0 cm³/mol. The highest BCUT2D eigenvalue weighted by molar-refractivity contribution is 5.97. The maximum atomic E-state index is 12.4. The van der Waals surface area contributed by atoms with Gasteiger partial charge in [-0.3, -0.25) is 9.59 Å². The van der Waals surface area contributed by atoms with Gasteiger partial charge in [0.05, 0.1) is 19.0 Å². The molecule has 0 bridgehead atoms. The average Bonchev–Trinajstić information content (AvgIpc) is 2.99. The second-order valence-electron chi connectivity index (χ2n) is 5.30. The fraction of sp³-hybridized carbons (Fsp3) is 0.533. The Morgan fingerprint density at radius 2 is 2.05 bits per heavy atom. The van der Waals surface area contributed by atoms with Crippen LogP contribution in [0, 0.1) is 5.92 Å². The molecule has 2 N–H and O–H groups in total. The fourth-order valence-electron chi connectivity index (χ4n) is 2.70. The third-order valence-electron chi connectivity index (χ3n) is 3.73. The largest absolute Gasteiger partial charge is 0.481 e. The molecule has 6 nitrogen and oxygen atoms in total. The molecule has 0 aromatic carbocycles. The Kier molecular flexibility index (Phi) is 5.14. The lowest BCUT2D eigenvalue weighted by molar-refractivity contribution is -0.126. The number of ether oxygens (including phenoxy) is 1. The molecule has 2 rings (SSSR count). The van der Waals surface area contributed by atoms with Gasteiger partial charge in [-0.1, -0.05) is 12.8 Å². The van der Waals surface area contributed by atoms with Gasteiger partial charge in [-0.25, -0.2) is 4.98 Å². The van der Waals surface area contributed by atoms with E-state index in [1.807, 2.05) is 0 Å². The molecule has 0 spiro atoms. The van der Waals surface area contributed by atoms with E-state index < -0.39 is 6.04 Å². The minimum Gasteiger partial charge on any atom is -0.481 e. The Bertz CT molecular complexity index is 495. The lowest BCUT2D eigenvalue weighted by Crippen LogP contribution is -2.47. The van der Waals surface area contributed by atoms with E-state index in [4.69, 9.17) is 4.74 Å². The van der Waals surface area contributed by atoms with E-state index in [2.05, 4.69) is 15.6 Å². The normalized spacial score (nSPS) is 16.3. The zero-order chi connectivity index (χ0) is 15.2. The molecule has 1 aliphatic rings. The van der Waals surface area contributed by atoms with Gasteiger partial charge >= 0.3 is 0 Å². The lowest BCUT2D eigenvalue weighted by Gasteiger charge is -2.23. The van der Waals surface area contributed by atoms with Gasteiger partial charge in [0.2, 0.25) is 17.7 Å². The Balaban J connectivity index is 2.04. The van der Waals surface area contributed by atoms with Crippen LogP contribution >= 0.6 is 0 Å². The minimum absolute atomic E-state index is 0.185. The number of carbonyl (C=O) groups excluding carboxylic acids is 2. The number of nitrogens with one attached hydrogen (secondary N) is 2. The Morgan fingerprint density at radius 1 is 1.33 bits per heavy atom. The van der Waals surface area contributed by atoms with Gasteiger partial charge in [0.15, 0.2) is 0 Å². The first kappa shape index (κ1) is 15.3. The summed E-state index contributed by atoms with van der Waals surface area (Å²) in [6.45, 7) is 1.43. The van der Waals surface area contributed by atoms with Crippen LogP contribution < -0.4 is 15.4 Å². The molecule has 1 heterocycles. The number of hydrogen-bond donors (Lipinski definition) is 2. The first-order valence-corrected chi connectivity index (χ1v) is 7.18. The number of amides is 2. The molecule has 6 heteroatoms. The van der Waals surface area contributed by atoms with Crippen molar-refractivity contribution >= 4 is 17.5 Å². The van der Waals surface area contributed by atoms with Gasteiger partial charge in [-0.15, -0.1) is 0 Å². The number of rotatable bonds is 5. The third kappa shape index (κ3) is 4.18. The quantitative estimate of drug-likeness (QED) is 0.865. The number of aromatic nitrogens is 1. The van der Waals surface area contributed by atoms with Crippen LogP contribution in [0.3, 0.4) is 0 Å². The van der Waals surface area contributed by atoms with Crippen molar-refractivity contribution in [3.05, 3.63) is 18.3 Å². The molecule has 0 unspecified atom stereocenters. The van der Waals surface area contributed by atoms with Crippen molar-refractivity contribution in [1.82, 2.24) is 10.3 Å². The molecule has 21 heavy (non-hydrogen) atoms. The van der Waals surface area contributed by atoms with Gasteiger partial charge in [0.25, 0.3) is 0 Å². The number of pyridine rings is 1. The highest BCUT2D eigenvalue weighted by Crippen LogP contribution is 2.28. The first-order chi connectivity index (χ1) is 10.1. The van der Waals surface area contributed by atoms with Gasteiger partial charge in [-0.2, -0.15) is 0 Å². The van der Waals surface area contributed by atoms with Crippen LogP contribution in [0.1, 0.15) is 32.6 Å². The molecule has 1 fully saturated rings. The molecule has 0 radical (unpaired) electrons. The Hall–Kier alpha value is -2.11. The van der Waals surface area contributed by atoms with Crippen LogP contribution in [0.25, 0.3) is 0 Å². The van der Waals surface area contributed by atoms with Crippen LogP contribution in [0.5, 0.6) is 5.88 Å². The predicted octanol–water partition coefficient (Wildman–Crippen LogP) is 1.72. The molecule has 0 saturated heterocycles. The van der Waals surface area contributed by atoms with Crippen molar-refractivity contribution in [2.75, 3.05) is 12.4 Å². The van der Waals surface area contributed by atoms with E-state index in [-0.39, 0.29) is 17.7 Å². The molecular formula is C15H21N3O3. The van der Waals surface area contributed by atoms with Crippen LogP contribution in [0.2, 0.25) is 0 Å². The number of carbonyl (C=O) groups is 2. The standard InChI is InChI=1S/C15H21N3O3/c1-10(19)17-14(11-5-3-4-6-11)15(20)18-12-7-8-13(21-2)16-9-12/h7-9,11,14H,3-6H2,1-2H3,(H,17,19)(H,18,20)/t14-/m1/s1. The van der Waals surface area contributed by atoms with Crippen LogP contribution in [-0.4, -0.2) is 29.9 Å². The number of methoxy groups -OCH3 is 1. The molecule has 1 saturated carbocycles. The third-order valence-corrected chi connectivity index (χ3v) is 3.73. The Morgan fingerprint density at radius 3 is 2.57 bits per heavy atom. The van der Waals surface area contributed by atoms with Crippen molar-refractivity contribution in [3.8, 4) is 5.88 Å². The maximum Gasteiger partial charge on any atom is 0.247 e. The molecule has 114 valence electrons. The Labute approximate surface area is 124 Å². The average molecular weight is 291 g/mol. The van der Waals surface area contributed by atoms with Gasteiger partial charge < -0.3 is 15.4 Å². The maximum absolute atomic E-state index is 12.4. The molecule has 0 aliphatic heterocycles. The molecule has 1 aliphatic carbocycles. The molecule has 1 atom stereocenters. The van der Waals surface area contributed by atoms with Crippen LogP contribution in [0.15, 0.2) is 18.3 Å². The summed E-state index contributed by atoms with van der Waals surface area (Å²) >= 11 is 0. The zero-order valence-electron chi connectivity index (χ0n) is 12.4. The minimum atomic E-state index is -0.480. The van der Waals surface area contributed by atoms with Gasteiger partial charge in [0.1, 0.15) is 6.04 Å². The van der Waals surface area contributed by atoms with Crippen molar-refractivity contribution in [2.24, 2.45) is 5.92 Å². The van der Waals surface area contributed by atoms with Crippen molar-refractivity contribution in [3.63, 3.8) is 0 Å². The molecule has 1 aromatic heterocycles. The number of nitrogens with zero attached hydrogens (tertiary/aromatic N) is 1. The van der Waals surface area contributed by atoms with Crippen molar-refractivity contribution < 1.29 is 14.3 Å². The summed E-state index contributed by atoms with van der Waals surface area (Å²) in [6.07, 6.45) is 5.70. The fourth-order valence-corrected chi connectivity index (χ4v) is 2.70. The second kappa shape index (κ2) is 7.06. The lowest BCUT2D eigenvalue weighted by atomic mass is 9.97. The van der Waals surface area contributed by atoms with E-state index in [0.717, 1.165) is 25.7 Å². The van der Waals surface area contributed by atoms with E-state index in [1.54, 1.807) is 12.1 Å². The van der Waals surface area contributed by atoms with Crippen molar-refractivity contribution in [2.45, 2.75) is 38.6 Å². The highest BCUT2D eigenvalue weighted by Gasteiger charge is 2.31. The molecule has 2 amide bonds. The molecular weight excluding hydrogens is 270 g/mol. The zero-order valence-corrected chi connectivity index (χ0v) is 12.4. The van der Waals surface area contributed by atoms with Crippen LogP contribution in [0.4, 0.5) is 5.69 Å². The van der Waals surface area contributed by atoms with Gasteiger partial charge in [0, 0.05) is 13.0 Å². The van der Waals surface area contributed by atoms with E-state index in [1.165, 1.54) is 20.2 Å².